The van der Waals surface area contributed by atoms with E-state index in [-0.39, 0.29) is 17.5 Å². The van der Waals surface area contributed by atoms with Gasteiger partial charge in [0.1, 0.15) is 6.10 Å². The van der Waals surface area contributed by atoms with Crippen molar-refractivity contribution in [3.63, 3.8) is 0 Å². The number of hydrogen-bond acceptors (Lipinski definition) is 3. The number of carbonyl (C=O) groups excluding carboxylic acids is 1. The zero-order valence-electron chi connectivity index (χ0n) is 15.5. The molecule has 3 unspecified atom stereocenters. The molecule has 11 atom stereocenters. The van der Waals surface area contributed by atoms with E-state index in [0.29, 0.717) is 16.7 Å². The van der Waals surface area contributed by atoms with E-state index in [1.807, 2.05) is 0 Å². The van der Waals surface area contributed by atoms with E-state index in [4.69, 9.17) is 4.74 Å². The minimum Gasteiger partial charge on any atom is -0.457 e. The van der Waals surface area contributed by atoms with Gasteiger partial charge in [-0.3, -0.25) is 9.69 Å². The van der Waals surface area contributed by atoms with Crippen LogP contribution in [0.5, 0.6) is 0 Å². The smallest absolute Gasteiger partial charge is 0.303 e. The number of ether oxygens (including phenoxy) is 1. The van der Waals surface area contributed by atoms with Crippen LogP contribution in [0.3, 0.4) is 0 Å². The molecule has 3 nitrogen and oxygen atoms in total. The number of esters is 1. The topological polar surface area (TPSA) is 29.5 Å². The van der Waals surface area contributed by atoms with Gasteiger partial charge in [0.05, 0.1) is 0 Å². The predicted molar refractivity (Wildman–Crippen MR) is 93.6 cm³/mol. The molecule has 134 valence electrons. The Morgan fingerprint density at radius 2 is 2.12 bits per heavy atom. The Balaban J connectivity index is 1.46. The number of hydrogen-bond donors (Lipinski definition) is 0. The first-order valence-electron chi connectivity index (χ1n) is 10.6. The molecule has 6 saturated carbocycles. The number of carbonyl (C=O) groups is 1. The van der Waals surface area contributed by atoms with E-state index < -0.39 is 0 Å². The fourth-order valence-corrected chi connectivity index (χ4v) is 10.7. The van der Waals surface area contributed by atoms with Gasteiger partial charge >= 0.3 is 5.97 Å². The second-order valence-electron chi connectivity index (χ2n) is 11.0. The van der Waals surface area contributed by atoms with Crippen LogP contribution >= 0.6 is 0 Å². The fraction of sp³-hybridized carbons (Fsp3) is 0.864. The summed E-state index contributed by atoms with van der Waals surface area (Å²) in [5.41, 5.74) is 2.61. The Kier molecular flexibility index (Phi) is 2.13. The number of fused-ring (bicyclic) bond motifs is 1. The van der Waals surface area contributed by atoms with Crippen molar-refractivity contribution >= 4 is 5.97 Å². The van der Waals surface area contributed by atoms with Crippen LogP contribution in [0.15, 0.2) is 12.2 Å². The molecular weight excluding hydrogens is 310 g/mol. The van der Waals surface area contributed by atoms with Crippen LogP contribution in [0.2, 0.25) is 0 Å². The quantitative estimate of drug-likeness (QED) is 0.542. The van der Waals surface area contributed by atoms with Gasteiger partial charge in [-0.05, 0) is 72.2 Å². The van der Waals surface area contributed by atoms with Crippen molar-refractivity contribution in [2.75, 3.05) is 6.54 Å². The number of nitrogens with zero attached hydrogens (tertiary/aromatic N) is 1. The first-order chi connectivity index (χ1) is 11.9. The predicted octanol–water partition coefficient (Wildman–Crippen LogP) is 3.39. The third kappa shape index (κ3) is 1.15. The maximum absolute atomic E-state index is 11.9. The lowest BCUT2D eigenvalue weighted by molar-refractivity contribution is -0.191. The average Bonchev–Trinajstić information content (AvgIpc) is 2.96. The average molecular weight is 339 g/mol. The summed E-state index contributed by atoms with van der Waals surface area (Å²) < 4.78 is 6.06. The monoisotopic (exact) mass is 339 g/mol. The van der Waals surface area contributed by atoms with Gasteiger partial charge in [-0.15, -0.1) is 0 Å². The molecule has 2 spiro atoms. The molecule has 9 bridgehead atoms. The van der Waals surface area contributed by atoms with Crippen LogP contribution in [-0.4, -0.2) is 35.6 Å². The molecule has 0 N–H and O–H groups in total. The summed E-state index contributed by atoms with van der Waals surface area (Å²) in [5, 5.41) is 0. The van der Waals surface area contributed by atoms with Crippen molar-refractivity contribution in [2.45, 2.75) is 70.6 Å². The van der Waals surface area contributed by atoms with E-state index in [1.165, 1.54) is 50.6 Å². The highest BCUT2D eigenvalue weighted by Gasteiger charge is 2.88. The van der Waals surface area contributed by atoms with Crippen LogP contribution in [0, 0.1) is 39.9 Å². The van der Waals surface area contributed by atoms with E-state index >= 15 is 0 Å². The van der Waals surface area contributed by atoms with Gasteiger partial charge in [-0.1, -0.05) is 19.9 Å². The van der Waals surface area contributed by atoms with E-state index in [9.17, 15) is 4.79 Å². The van der Waals surface area contributed by atoms with Gasteiger partial charge in [0.15, 0.2) is 0 Å². The molecule has 0 radical (unpaired) electrons. The lowest BCUT2D eigenvalue weighted by Crippen LogP contribution is -2.64. The Morgan fingerprint density at radius 3 is 2.92 bits per heavy atom. The molecule has 0 aromatic rings. The van der Waals surface area contributed by atoms with E-state index in [0.717, 1.165) is 29.8 Å². The van der Waals surface area contributed by atoms with Crippen LogP contribution in [0.4, 0.5) is 0 Å². The zero-order chi connectivity index (χ0) is 16.9. The summed E-state index contributed by atoms with van der Waals surface area (Å²) >= 11 is 0. The van der Waals surface area contributed by atoms with Gasteiger partial charge in [0.25, 0.3) is 0 Å². The standard InChI is InChI=1S/C22H29NO2/c1-11-13-7-14-18-21-6-4-5-20(3)10-23(18)15(17(20)21)9-22(14,16(21)8-13)19(11)25-12(2)24/h13-19H,1,4-10H2,2-3H3/t13-,14?,15+,16-,17+,18?,19-,20-,21+,22+/m0/s1. The fourth-order valence-electron chi connectivity index (χ4n) is 10.7. The molecule has 3 heterocycles. The molecule has 0 aromatic carbocycles. The summed E-state index contributed by atoms with van der Waals surface area (Å²) in [7, 11) is 0. The summed E-state index contributed by atoms with van der Waals surface area (Å²) in [4.78, 5) is 14.9. The summed E-state index contributed by atoms with van der Waals surface area (Å²) in [6.07, 6.45) is 8.28. The third-order valence-corrected chi connectivity index (χ3v) is 10.6. The Labute approximate surface area is 150 Å². The molecule has 3 saturated heterocycles. The summed E-state index contributed by atoms with van der Waals surface area (Å²) in [5.74, 6) is 2.97. The lowest BCUT2D eigenvalue weighted by Gasteiger charge is -2.65. The zero-order valence-corrected chi connectivity index (χ0v) is 15.5. The van der Waals surface area contributed by atoms with Crippen LogP contribution in [0.1, 0.15) is 52.4 Å². The van der Waals surface area contributed by atoms with Gasteiger partial charge < -0.3 is 4.74 Å². The van der Waals surface area contributed by atoms with Gasteiger partial charge in [-0.25, -0.2) is 0 Å². The molecule has 9 rings (SSSR count). The summed E-state index contributed by atoms with van der Waals surface area (Å²) in [6, 6.07) is 1.56. The van der Waals surface area contributed by atoms with Crippen molar-refractivity contribution in [2.24, 2.45) is 39.9 Å². The second-order valence-corrected chi connectivity index (χ2v) is 11.0. The summed E-state index contributed by atoms with van der Waals surface area (Å²) in [6.45, 7) is 10.0. The van der Waals surface area contributed by atoms with Crippen LogP contribution in [0.25, 0.3) is 0 Å². The molecular formula is C22H29NO2. The molecule has 0 aromatic heterocycles. The van der Waals surface area contributed by atoms with E-state index in [1.54, 1.807) is 6.92 Å². The largest absolute Gasteiger partial charge is 0.457 e. The molecule has 3 aliphatic heterocycles. The molecule has 6 aliphatic carbocycles. The van der Waals surface area contributed by atoms with Gasteiger partial charge in [-0.2, -0.15) is 0 Å². The van der Waals surface area contributed by atoms with Crippen molar-refractivity contribution in [1.82, 2.24) is 4.90 Å². The first-order valence-corrected chi connectivity index (χ1v) is 10.6. The molecule has 9 aliphatic rings. The number of piperidine rings is 2. The Bertz CT molecular complexity index is 746. The van der Waals surface area contributed by atoms with Gasteiger partial charge in [0.2, 0.25) is 0 Å². The van der Waals surface area contributed by atoms with Crippen molar-refractivity contribution in [3.8, 4) is 0 Å². The highest BCUT2D eigenvalue weighted by molar-refractivity contribution is 5.67. The SMILES string of the molecule is C=C1[C@H]2CC3C4N5C[C@]6(C)CCC[C@]47[C@H](C2)[C@]3(C[C@@H]5[C@H]67)[C@H]1OC(C)=O. The Hall–Kier alpha value is -0.830. The first kappa shape index (κ1) is 14.3. The molecule has 25 heavy (non-hydrogen) atoms. The van der Waals surface area contributed by atoms with Crippen molar-refractivity contribution < 1.29 is 9.53 Å². The minimum absolute atomic E-state index is 0.0197. The Morgan fingerprint density at radius 1 is 1.28 bits per heavy atom. The van der Waals surface area contributed by atoms with Crippen LogP contribution in [-0.2, 0) is 9.53 Å². The number of rotatable bonds is 1. The van der Waals surface area contributed by atoms with Gasteiger partial charge in [0, 0.05) is 31.0 Å². The minimum atomic E-state index is -0.0995. The van der Waals surface area contributed by atoms with Crippen LogP contribution < -0.4 is 0 Å². The highest BCUT2D eigenvalue weighted by Crippen LogP contribution is 2.87. The van der Waals surface area contributed by atoms with Crippen molar-refractivity contribution in [1.29, 1.82) is 0 Å². The van der Waals surface area contributed by atoms with E-state index in [2.05, 4.69) is 18.4 Å². The maximum Gasteiger partial charge on any atom is 0.303 e. The third-order valence-electron chi connectivity index (χ3n) is 10.6. The highest BCUT2D eigenvalue weighted by atomic mass is 16.5. The lowest BCUT2D eigenvalue weighted by atomic mass is 9.40. The normalized spacial score (nSPS) is 67.2. The second kappa shape index (κ2) is 3.74. The molecule has 9 fully saturated rings. The maximum atomic E-state index is 11.9. The molecule has 0 amide bonds. The molecule has 3 heteroatoms. The van der Waals surface area contributed by atoms with Crippen molar-refractivity contribution in [3.05, 3.63) is 12.2 Å².